The van der Waals surface area contributed by atoms with Crippen molar-refractivity contribution in [3.8, 4) is 5.88 Å². The van der Waals surface area contributed by atoms with E-state index in [1.165, 1.54) is 25.7 Å². The fourth-order valence-corrected chi connectivity index (χ4v) is 3.31. The highest BCUT2D eigenvalue weighted by Crippen LogP contribution is 2.40. The number of hydrogen-bond donors (Lipinski definition) is 2. The summed E-state index contributed by atoms with van der Waals surface area (Å²) in [5.41, 5.74) is 1.45. The van der Waals surface area contributed by atoms with Crippen LogP contribution in [0.25, 0.3) is 0 Å². The summed E-state index contributed by atoms with van der Waals surface area (Å²) in [6.45, 7) is 2.45. The van der Waals surface area contributed by atoms with E-state index in [1.807, 2.05) is 12.1 Å². The van der Waals surface area contributed by atoms with Gasteiger partial charge in [-0.1, -0.05) is 12.8 Å². The largest absolute Gasteiger partial charge is 0.481 e. The second-order valence-corrected chi connectivity index (χ2v) is 6.44. The smallest absolute Gasteiger partial charge is 0.213 e. The molecule has 2 N–H and O–H groups in total. The van der Waals surface area contributed by atoms with Crippen molar-refractivity contribution >= 4 is 29.9 Å². The van der Waals surface area contributed by atoms with Gasteiger partial charge in [0.05, 0.1) is 7.11 Å². The summed E-state index contributed by atoms with van der Waals surface area (Å²) < 4.78 is 10.5. The summed E-state index contributed by atoms with van der Waals surface area (Å²) in [6.07, 6.45) is 8.02. The van der Waals surface area contributed by atoms with Crippen molar-refractivity contribution in [1.82, 2.24) is 15.6 Å². The lowest BCUT2D eigenvalue weighted by molar-refractivity contribution is 0.138. The van der Waals surface area contributed by atoms with Crippen molar-refractivity contribution < 1.29 is 9.47 Å². The van der Waals surface area contributed by atoms with E-state index in [2.05, 4.69) is 20.6 Å². The summed E-state index contributed by atoms with van der Waals surface area (Å²) in [7, 11) is 5.21. The molecule has 2 rings (SSSR count). The van der Waals surface area contributed by atoms with Crippen LogP contribution in [0.4, 0.5) is 0 Å². The number of methoxy groups -OCH3 is 2. The lowest BCUT2D eigenvalue weighted by Crippen LogP contribution is -2.43. The molecule has 142 valence electrons. The van der Waals surface area contributed by atoms with Crippen LogP contribution in [0.2, 0.25) is 0 Å². The first-order valence-corrected chi connectivity index (χ1v) is 8.64. The van der Waals surface area contributed by atoms with Crippen molar-refractivity contribution in [1.29, 1.82) is 0 Å². The Morgan fingerprint density at radius 2 is 2.04 bits per heavy atom. The third-order valence-corrected chi connectivity index (χ3v) is 4.82. The minimum absolute atomic E-state index is 0. The van der Waals surface area contributed by atoms with Crippen molar-refractivity contribution in [2.24, 2.45) is 10.4 Å². The van der Waals surface area contributed by atoms with Crippen molar-refractivity contribution in [3.63, 3.8) is 0 Å². The third-order valence-electron chi connectivity index (χ3n) is 4.82. The summed E-state index contributed by atoms with van der Waals surface area (Å²) in [5, 5.41) is 6.85. The number of aromatic nitrogens is 1. The Morgan fingerprint density at radius 1 is 1.28 bits per heavy atom. The Labute approximate surface area is 168 Å². The molecular weight excluding hydrogens is 431 g/mol. The zero-order valence-electron chi connectivity index (χ0n) is 15.5. The van der Waals surface area contributed by atoms with Crippen LogP contribution < -0.4 is 15.4 Å². The number of hydrogen-bond acceptors (Lipinski definition) is 4. The normalized spacial score (nSPS) is 16.2. The SMILES string of the molecule is CN=C(NCc1ccnc(OC)c1)NCC1(CCOC)CCCC1.I. The van der Waals surface area contributed by atoms with Crippen LogP contribution in [-0.4, -0.2) is 45.4 Å². The molecule has 0 aromatic carbocycles. The van der Waals surface area contributed by atoms with Crippen LogP contribution in [-0.2, 0) is 11.3 Å². The highest BCUT2D eigenvalue weighted by atomic mass is 127. The first-order chi connectivity index (χ1) is 11.7. The topological polar surface area (TPSA) is 67.8 Å². The predicted molar refractivity (Wildman–Crippen MR) is 112 cm³/mol. The first-order valence-electron chi connectivity index (χ1n) is 8.64. The number of ether oxygens (including phenoxy) is 2. The Bertz CT molecular complexity index is 534. The number of nitrogens with zero attached hydrogens (tertiary/aromatic N) is 2. The maximum Gasteiger partial charge on any atom is 0.213 e. The average molecular weight is 462 g/mol. The van der Waals surface area contributed by atoms with Crippen LogP contribution >= 0.6 is 24.0 Å². The molecule has 0 amide bonds. The van der Waals surface area contributed by atoms with Gasteiger partial charge in [-0.05, 0) is 36.3 Å². The van der Waals surface area contributed by atoms with Crippen LogP contribution in [0, 0.1) is 5.41 Å². The van der Waals surface area contributed by atoms with Crippen molar-refractivity contribution in [2.45, 2.75) is 38.6 Å². The number of halogens is 1. The molecule has 0 bridgehead atoms. The number of guanidine groups is 1. The highest BCUT2D eigenvalue weighted by Gasteiger charge is 2.33. The molecule has 6 nitrogen and oxygen atoms in total. The molecule has 1 aliphatic carbocycles. The summed E-state index contributed by atoms with van der Waals surface area (Å²) >= 11 is 0. The van der Waals surface area contributed by atoms with Gasteiger partial charge in [0, 0.05) is 46.1 Å². The Morgan fingerprint density at radius 3 is 2.68 bits per heavy atom. The van der Waals surface area contributed by atoms with Crippen LogP contribution in [0.5, 0.6) is 5.88 Å². The molecule has 1 fully saturated rings. The van der Waals surface area contributed by atoms with E-state index in [9.17, 15) is 0 Å². The fourth-order valence-electron chi connectivity index (χ4n) is 3.31. The van der Waals surface area contributed by atoms with Gasteiger partial charge in [-0.2, -0.15) is 0 Å². The van der Waals surface area contributed by atoms with E-state index in [1.54, 1.807) is 27.5 Å². The molecule has 1 heterocycles. The van der Waals surface area contributed by atoms with E-state index < -0.39 is 0 Å². The average Bonchev–Trinajstić information content (AvgIpc) is 3.09. The maximum atomic E-state index is 5.30. The van der Waals surface area contributed by atoms with E-state index in [-0.39, 0.29) is 24.0 Å². The quantitative estimate of drug-likeness (QED) is 0.353. The van der Waals surface area contributed by atoms with Crippen LogP contribution in [0.1, 0.15) is 37.7 Å². The molecule has 0 aliphatic heterocycles. The fraction of sp³-hybridized carbons (Fsp3) is 0.667. The molecule has 0 unspecified atom stereocenters. The molecule has 1 aliphatic rings. The minimum atomic E-state index is 0. The molecule has 1 aromatic rings. The van der Waals surface area contributed by atoms with Gasteiger partial charge in [-0.3, -0.25) is 4.99 Å². The van der Waals surface area contributed by atoms with Crippen molar-refractivity contribution in [3.05, 3.63) is 23.9 Å². The van der Waals surface area contributed by atoms with E-state index in [0.717, 1.165) is 31.1 Å². The predicted octanol–water partition coefficient (Wildman–Crippen LogP) is 2.97. The maximum absolute atomic E-state index is 5.30. The Balaban J connectivity index is 0.00000312. The molecule has 1 aromatic heterocycles. The molecule has 0 radical (unpaired) electrons. The van der Waals surface area contributed by atoms with Gasteiger partial charge in [-0.25, -0.2) is 4.98 Å². The van der Waals surface area contributed by atoms with E-state index >= 15 is 0 Å². The standard InChI is InChI=1S/C18H30N4O2.HI/c1-19-17(21-13-15-6-10-20-16(12-15)24-3)22-14-18(9-11-23-2)7-4-5-8-18;/h6,10,12H,4-5,7-9,11,13-14H2,1-3H3,(H2,19,21,22);1H. The van der Waals surface area contributed by atoms with Gasteiger partial charge in [-0.15, -0.1) is 24.0 Å². The van der Waals surface area contributed by atoms with E-state index in [0.29, 0.717) is 17.8 Å². The zero-order chi connectivity index (χ0) is 17.3. The zero-order valence-corrected chi connectivity index (χ0v) is 17.8. The van der Waals surface area contributed by atoms with Crippen molar-refractivity contribution in [2.75, 3.05) is 34.4 Å². The van der Waals surface area contributed by atoms with Gasteiger partial charge in [0.1, 0.15) is 0 Å². The lowest BCUT2D eigenvalue weighted by atomic mass is 9.83. The molecule has 0 spiro atoms. The Kier molecular flexibility index (Phi) is 10.1. The summed E-state index contributed by atoms with van der Waals surface area (Å²) in [6, 6.07) is 3.90. The number of nitrogens with one attached hydrogen (secondary N) is 2. The molecule has 7 heteroatoms. The highest BCUT2D eigenvalue weighted by molar-refractivity contribution is 14.0. The van der Waals surface area contributed by atoms with Gasteiger partial charge in [0.2, 0.25) is 5.88 Å². The molecular formula is C18H31IN4O2. The van der Waals surface area contributed by atoms with E-state index in [4.69, 9.17) is 9.47 Å². The summed E-state index contributed by atoms with van der Waals surface area (Å²) in [5.74, 6) is 1.45. The first kappa shape index (κ1) is 22.0. The van der Waals surface area contributed by atoms with Gasteiger partial charge < -0.3 is 20.1 Å². The number of rotatable bonds is 8. The number of aliphatic imine (C=N–C) groups is 1. The molecule has 0 saturated heterocycles. The summed E-state index contributed by atoms with van der Waals surface area (Å²) in [4.78, 5) is 8.46. The van der Waals surface area contributed by atoms with Crippen LogP contribution in [0.15, 0.2) is 23.3 Å². The second kappa shape index (κ2) is 11.5. The third kappa shape index (κ3) is 6.97. The monoisotopic (exact) mass is 462 g/mol. The molecule has 0 atom stereocenters. The second-order valence-electron chi connectivity index (χ2n) is 6.44. The van der Waals surface area contributed by atoms with Gasteiger partial charge >= 0.3 is 0 Å². The van der Waals surface area contributed by atoms with Crippen LogP contribution in [0.3, 0.4) is 0 Å². The Hall–Kier alpha value is -1.09. The molecule has 1 saturated carbocycles. The van der Waals surface area contributed by atoms with Gasteiger partial charge in [0.25, 0.3) is 0 Å². The lowest BCUT2D eigenvalue weighted by Gasteiger charge is -2.30. The van der Waals surface area contributed by atoms with Gasteiger partial charge in [0.15, 0.2) is 5.96 Å². The number of pyridine rings is 1. The molecule has 25 heavy (non-hydrogen) atoms. The minimum Gasteiger partial charge on any atom is -0.481 e.